The van der Waals surface area contributed by atoms with E-state index in [4.69, 9.17) is 4.42 Å². The van der Waals surface area contributed by atoms with Crippen LogP contribution in [0.2, 0.25) is 0 Å². The van der Waals surface area contributed by atoms with Crippen molar-refractivity contribution in [1.82, 2.24) is 50.6 Å². The van der Waals surface area contributed by atoms with E-state index >= 15 is 0 Å². The number of imidazole rings is 1. The van der Waals surface area contributed by atoms with E-state index in [2.05, 4.69) is 46.2 Å². The number of benzene rings is 2. The second-order valence-electron chi connectivity index (χ2n) is 9.73. The lowest BCUT2D eigenvalue weighted by Gasteiger charge is -2.15. The van der Waals surface area contributed by atoms with Crippen molar-refractivity contribution in [2.45, 2.75) is 32.4 Å². The summed E-state index contributed by atoms with van der Waals surface area (Å²) in [5.74, 6) is -0.174. The van der Waals surface area contributed by atoms with Gasteiger partial charge in [-0.05, 0) is 59.0 Å². The molecule has 14 heteroatoms. The molecule has 4 heterocycles. The van der Waals surface area contributed by atoms with Gasteiger partial charge in [-0.3, -0.25) is 14.0 Å². The second kappa shape index (κ2) is 9.51. The molecule has 14 nitrogen and oxygen atoms in total. The fraction of sp³-hybridized carbons (Fsp3) is 0.185. The molecule has 1 aliphatic rings. The van der Waals surface area contributed by atoms with Gasteiger partial charge in [0.25, 0.3) is 11.8 Å². The minimum atomic E-state index is -0.472. The number of hydrogen-bond donors (Lipinski definition) is 4. The molecule has 0 fully saturated rings. The van der Waals surface area contributed by atoms with E-state index in [9.17, 15) is 14.7 Å². The fourth-order valence-electron chi connectivity index (χ4n) is 5.14. The lowest BCUT2D eigenvalue weighted by atomic mass is 10.0. The number of nitrogens with one attached hydrogen (secondary N) is 3. The third kappa shape index (κ3) is 4.50. The van der Waals surface area contributed by atoms with E-state index < -0.39 is 11.8 Å². The number of aromatic hydroxyl groups is 1. The maximum Gasteiger partial charge on any atom is 0.270 e. The number of aromatic nitrogens is 8. The van der Waals surface area contributed by atoms with E-state index in [-0.39, 0.29) is 35.6 Å². The number of aromatic amines is 1. The van der Waals surface area contributed by atoms with Gasteiger partial charge in [0.1, 0.15) is 16.9 Å². The van der Waals surface area contributed by atoms with Crippen molar-refractivity contribution in [3.05, 3.63) is 82.6 Å². The zero-order valence-corrected chi connectivity index (χ0v) is 21.6. The van der Waals surface area contributed by atoms with Crippen molar-refractivity contribution < 1.29 is 19.1 Å². The summed E-state index contributed by atoms with van der Waals surface area (Å²) >= 11 is 0. The highest BCUT2D eigenvalue weighted by atomic mass is 16.3. The Balaban J connectivity index is 1.12. The quantitative estimate of drug-likeness (QED) is 0.240. The monoisotopic (exact) mass is 550 g/mol. The zero-order chi connectivity index (χ0) is 28.1. The largest absolute Gasteiger partial charge is 0.492 e. The summed E-state index contributed by atoms with van der Waals surface area (Å²) in [5.41, 5.74) is 5.18. The van der Waals surface area contributed by atoms with Gasteiger partial charge in [0, 0.05) is 19.0 Å². The van der Waals surface area contributed by atoms with Crippen molar-refractivity contribution in [2.24, 2.45) is 0 Å². The molecule has 4 N–H and O–H groups in total. The van der Waals surface area contributed by atoms with Crippen LogP contribution in [0.5, 0.6) is 5.88 Å². The number of carbonyl (C=O) groups is 2. The third-order valence-electron chi connectivity index (χ3n) is 7.03. The summed E-state index contributed by atoms with van der Waals surface area (Å²) < 4.78 is 6.85. The molecular formula is C27H22N10O4. The van der Waals surface area contributed by atoms with Gasteiger partial charge in [-0.2, -0.15) is 10.2 Å². The Morgan fingerprint density at radius 3 is 2.88 bits per heavy atom. The van der Waals surface area contributed by atoms with Crippen LogP contribution in [0.25, 0.3) is 28.3 Å². The molecule has 0 saturated heterocycles. The molecule has 0 unspecified atom stereocenters. The van der Waals surface area contributed by atoms with Crippen molar-refractivity contribution in [2.75, 3.05) is 0 Å². The number of carbonyl (C=O) groups excluding carboxylic acids is 2. The molecule has 0 saturated carbocycles. The van der Waals surface area contributed by atoms with Crippen molar-refractivity contribution >= 4 is 28.7 Å². The molecular weight excluding hydrogens is 528 g/mol. The highest BCUT2D eigenvalue weighted by molar-refractivity contribution is 5.98. The molecule has 6 aromatic rings. The van der Waals surface area contributed by atoms with E-state index in [0.29, 0.717) is 29.2 Å². The summed E-state index contributed by atoms with van der Waals surface area (Å²) in [4.78, 5) is 39.2. The Bertz CT molecular complexity index is 1960. The fourth-order valence-corrected chi connectivity index (χ4v) is 5.14. The van der Waals surface area contributed by atoms with Gasteiger partial charge in [0.2, 0.25) is 17.5 Å². The summed E-state index contributed by atoms with van der Waals surface area (Å²) in [5, 5.41) is 30.0. The number of H-pyrrole nitrogens is 1. The average molecular weight is 551 g/mol. The van der Waals surface area contributed by atoms with E-state index in [1.165, 1.54) is 16.7 Å². The van der Waals surface area contributed by atoms with E-state index in [1.54, 1.807) is 13.0 Å². The maximum atomic E-state index is 13.3. The van der Waals surface area contributed by atoms with Gasteiger partial charge in [-0.1, -0.05) is 18.2 Å². The van der Waals surface area contributed by atoms with Crippen LogP contribution < -0.4 is 10.6 Å². The first-order valence-corrected chi connectivity index (χ1v) is 12.8. The lowest BCUT2D eigenvalue weighted by Crippen LogP contribution is -2.30. The van der Waals surface area contributed by atoms with E-state index in [1.807, 2.05) is 30.3 Å². The van der Waals surface area contributed by atoms with Crippen LogP contribution in [0, 0.1) is 6.92 Å². The molecule has 2 amide bonds. The number of amides is 2. The Kier molecular flexibility index (Phi) is 5.66. The number of aryl methyl sites for hydroxylation is 2. The smallest absolute Gasteiger partial charge is 0.270 e. The van der Waals surface area contributed by atoms with Gasteiger partial charge in [-0.25, -0.2) is 9.97 Å². The molecule has 4 aromatic heterocycles. The van der Waals surface area contributed by atoms with Crippen LogP contribution in [0.1, 0.15) is 56.0 Å². The molecule has 1 aliphatic carbocycles. The van der Waals surface area contributed by atoms with Crippen LogP contribution in [0.3, 0.4) is 0 Å². The number of rotatable bonds is 6. The number of oxazole rings is 1. The Labute approximate surface area is 230 Å². The Hall–Kier alpha value is -5.66. The molecule has 0 bridgehead atoms. The van der Waals surface area contributed by atoms with Crippen LogP contribution in [0.15, 0.2) is 53.1 Å². The third-order valence-corrected chi connectivity index (χ3v) is 7.03. The van der Waals surface area contributed by atoms with Gasteiger partial charge >= 0.3 is 0 Å². The van der Waals surface area contributed by atoms with Crippen molar-refractivity contribution in [1.29, 1.82) is 0 Å². The van der Waals surface area contributed by atoms with Crippen LogP contribution in [-0.2, 0) is 13.0 Å². The zero-order valence-electron chi connectivity index (χ0n) is 21.6. The van der Waals surface area contributed by atoms with Gasteiger partial charge in [0.15, 0.2) is 11.5 Å². The number of tetrazole rings is 1. The Morgan fingerprint density at radius 1 is 1.12 bits per heavy atom. The topological polar surface area (TPSA) is 189 Å². The molecule has 2 aromatic carbocycles. The molecule has 0 aliphatic heterocycles. The van der Waals surface area contributed by atoms with Crippen molar-refractivity contribution in [3.8, 4) is 17.3 Å². The number of fused-ring (bicyclic) bond motifs is 3. The first-order chi connectivity index (χ1) is 19.9. The Morgan fingerprint density at radius 2 is 2.02 bits per heavy atom. The molecule has 204 valence electrons. The number of nitrogens with zero attached hydrogens (tertiary/aromatic N) is 7. The molecule has 0 radical (unpaired) electrons. The van der Waals surface area contributed by atoms with Gasteiger partial charge in [-0.15, -0.1) is 10.2 Å². The summed E-state index contributed by atoms with van der Waals surface area (Å²) in [6.45, 7) is 1.97. The predicted octanol–water partition coefficient (Wildman–Crippen LogP) is 2.41. The lowest BCUT2D eigenvalue weighted by molar-refractivity contribution is 0.0931. The molecule has 0 spiro atoms. The summed E-state index contributed by atoms with van der Waals surface area (Å²) in [6.07, 6.45) is 2.74. The second-order valence-corrected chi connectivity index (χ2v) is 9.73. The first-order valence-electron chi connectivity index (χ1n) is 12.8. The SMILES string of the molecule is Cc1nc2cc(CNC(=O)c3cc(C(=O)N[C@H]4CCc5cc(-c6nn[nH]n6)ccc54)nc4nc(O)cn34)ccc2o1. The van der Waals surface area contributed by atoms with Crippen molar-refractivity contribution in [3.63, 3.8) is 0 Å². The van der Waals surface area contributed by atoms with Gasteiger partial charge < -0.3 is 20.2 Å². The average Bonchev–Trinajstić information content (AvgIpc) is 3.76. The normalized spacial score (nSPS) is 14.4. The highest BCUT2D eigenvalue weighted by Crippen LogP contribution is 2.33. The molecule has 1 atom stereocenters. The maximum absolute atomic E-state index is 13.3. The first kappa shape index (κ1) is 24.4. The predicted molar refractivity (Wildman–Crippen MR) is 143 cm³/mol. The van der Waals surface area contributed by atoms with Crippen LogP contribution >= 0.6 is 0 Å². The number of hydrogen-bond acceptors (Lipinski definition) is 10. The standard InChI is InChI=1S/C27H22N10O4/c1-13-29-19-8-14(2-7-22(19)41-13)11-28-26(40)21-10-20(31-27-32-23(38)12-37(21)27)25(39)30-18-6-4-15-9-16(3-5-17(15)18)24-33-35-36-34-24/h2-3,5,7-10,12,18,38H,4,6,11H2,1H3,(H,28,40)(H,30,39)(H,33,34,35,36)/t18-/m0/s1. The molecule has 7 rings (SSSR count). The summed E-state index contributed by atoms with van der Waals surface area (Å²) in [6, 6.07) is 12.4. The van der Waals surface area contributed by atoms with E-state index in [0.717, 1.165) is 28.7 Å². The minimum absolute atomic E-state index is 0.00427. The molecule has 41 heavy (non-hydrogen) atoms. The van der Waals surface area contributed by atoms with Gasteiger partial charge in [0.05, 0.1) is 12.2 Å². The minimum Gasteiger partial charge on any atom is -0.492 e. The van der Waals surface area contributed by atoms with Crippen LogP contribution in [0.4, 0.5) is 0 Å². The highest BCUT2D eigenvalue weighted by Gasteiger charge is 2.27. The van der Waals surface area contributed by atoms with Crippen LogP contribution in [-0.4, -0.2) is 56.9 Å². The summed E-state index contributed by atoms with van der Waals surface area (Å²) in [7, 11) is 0.